The molecular formula is C17H30N8. The number of hydrogen-bond donors (Lipinski definition) is 3. The van der Waals surface area contributed by atoms with Crippen LogP contribution in [0.25, 0.3) is 11.0 Å². The third-order valence-electron chi connectivity index (χ3n) is 3.87. The number of nitrogens with one attached hydrogen (secondary N) is 3. The minimum Gasteiger partial charge on any atom is -0.368 e. The molecule has 0 bridgehead atoms. The van der Waals surface area contributed by atoms with Gasteiger partial charge < -0.3 is 16.0 Å². The lowest BCUT2D eigenvalue weighted by Gasteiger charge is -2.12. The number of hydrogen-bond acceptors (Lipinski definition) is 5. The predicted molar refractivity (Wildman–Crippen MR) is 103 cm³/mol. The summed E-state index contributed by atoms with van der Waals surface area (Å²) in [6, 6.07) is 0. The number of rotatable bonds is 10. The van der Waals surface area contributed by atoms with Crippen molar-refractivity contribution in [2.45, 2.75) is 39.5 Å². The van der Waals surface area contributed by atoms with E-state index in [2.05, 4.69) is 49.9 Å². The minimum atomic E-state index is 0.737. The highest BCUT2D eigenvalue weighted by molar-refractivity contribution is 5.86. The molecule has 2 aromatic rings. The average Bonchev–Trinajstić information content (AvgIpc) is 3.00. The van der Waals surface area contributed by atoms with E-state index in [1.54, 1.807) is 17.2 Å². The van der Waals surface area contributed by atoms with Crippen molar-refractivity contribution < 1.29 is 0 Å². The Morgan fingerprint density at radius 2 is 2.00 bits per heavy atom. The van der Waals surface area contributed by atoms with Crippen LogP contribution in [0.2, 0.25) is 0 Å². The minimum absolute atomic E-state index is 0.737. The summed E-state index contributed by atoms with van der Waals surface area (Å²) >= 11 is 0. The van der Waals surface area contributed by atoms with Crippen LogP contribution in [0.3, 0.4) is 0 Å². The van der Waals surface area contributed by atoms with Gasteiger partial charge in [0.05, 0.1) is 11.6 Å². The maximum atomic E-state index is 4.61. The number of nitrogens with zero attached hydrogens (tertiary/aromatic N) is 5. The van der Waals surface area contributed by atoms with Crippen LogP contribution < -0.4 is 16.0 Å². The fourth-order valence-corrected chi connectivity index (χ4v) is 2.54. The number of aromatic nitrogens is 4. The Balaban J connectivity index is 1.78. The molecule has 0 saturated carbocycles. The normalized spacial score (nSPS) is 11.7. The molecule has 0 unspecified atom stereocenters. The van der Waals surface area contributed by atoms with E-state index in [0.29, 0.717) is 0 Å². The first-order valence-corrected chi connectivity index (χ1v) is 9.15. The van der Waals surface area contributed by atoms with Crippen LogP contribution in [0, 0.1) is 0 Å². The fraction of sp³-hybridized carbons (Fsp3) is 0.647. The zero-order valence-corrected chi connectivity index (χ0v) is 15.5. The van der Waals surface area contributed by atoms with Gasteiger partial charge in [-0.1, -0.05) is 26.2 Å². The van der Waals surface area contributed by atoms with E-state index in [4.69, 9.17) is 0 Å². The van der Waals surface area contributed by atoms with E-state index in [0.717, 1.165) is 55.4 Å². The van der Waals surface area contributed by atoms with Gasteiger partial charge in [-0.2, -0.15) is 5.10 Å². The third-order valence-corrected chi connectivity index (χ3v) is 3.87. The van der Waals surface area contributed by atoms with E-state index in [9.17, 15) is 0 Å². The van der Waals surface area contributed by atoms with Gasteiger partial charge in [-0.05, 0) is 13.3 Å². The lowest BCUT2D eigenvalue weighted by molar-refractivity contribution is 0.671. The maximum Gasteiger partial charge on any atom is 0.191 e. The van der Waals surface area contributed by atoms with Gasteiger partial charge in [0.1, 0.15) is 12.1 Å². The quantitative estimate of drug-likeness (QED) is 0.346. The topological polar surface area (TPSA) is 92.1 Å². The van der Waals surface area contributed by atoms with E-state index < -0.39 is 0 Å². The molecule has 0 aromatic carbocycles. The van der Waals surface area contributed by atoms with E-state index >= 15 is 0 Å². The summed E-state index contributed by atoms with van der Waals surface area (Å²) in [5.41, 5.74) is 0.826. The van der Waals surface area contributed by atoms with Crippen LogP contribution in [0.1, 0.15) is 39.5 Å². The van der Waals surface area contributed by atoms with Crippen molar-refractivity contribution in [1.29, 1.82) is 0 Å². The Labute approximate surface area is 149 Å². The highest BCUT2D eigenvalue weighted by Gasteiger charge is 2.06. The molecular weight excluding hydrogens is 316 g/mol. The highest BCUT2D eigenvalue weighted by atomic mass is 15.3. The molecule has 0 atom stereocenters. The Morgan fingerprint density at radius 3 is 2.80 bits per heavy atom. The highest BCUT2D eigenvalue weighted by Crippen LogP contribution is 2.16. The molecule has 0 radical (unpaired) electrons. The Kier molecular flexibility index (Phi) is 7.94. The van der Waals surface area contributed by atoms with E-state index in [1.807, 2.05) is 7.05 Å². The summed E-state index contributed by atoms with van der Waals surface area (Å²) in [5.74, 6) is 1.68. The fourth-order valence-electron chi connectivity index (χ4n) is 2.54. The molecule has 0 spiro atoms. The molecule has 8 heteroatoms. The smallest absolute Gasteiger partial charge is 0.191 e. The standard InChI is InChI=1S/C17H30N8/c1-4-6-7-8-9-20-17(18-5-2)21-11-10-19-15-14-12-24-25(3)16(14)23-13-22-15/h12-13H,4-11H2,1-3H3,(H2,18,20,21)(H,19,22,23). The first-order chi connectivity index (χ1) is 12.3. The molecule has 8 nitrogen and oxygen atoms in total. The van der Waals surface area contributed by atoms with Crippen molar-refractivity contribution in [2.75, 3.05) is 31.5 Å². The van der Waals surface area contributed by atoms with Crippen molar-refractivity contribution in [1.82, 2.24) is 30.4 Å². The number of guanidine groups is 1. The second kappa shape index (κ2) is 10.5. The van der Waals surface area contributed by atoms with Crippen molar-refractivity contribution in [2.24, 2.45) is 12.0 Å². The largest absolute Gasteiger partial charge is 0.368 e. The molecule has 0 saturated heterocycles. The van der Waals surface area contributed by atoms with Crippen LogP contribution in [-0.2, 0) is 7.05 Å². The third kappa shape index (κ3) is 5.88. The van der Waals surface area contributed by atoms with Gasteiger partial charge in [-0.15, -0.1) is 0 Å². The van der Waals surface area contributed by atoms with Crippen molar-refractivity contribution in [3.05, 3.63) is 12.5 Å². The summed E-state index contributed by atoms with van der Waals surface area (Å²) in [6.45, 7) is 7.51. The molecule has 0 aliphatic heterocycles. The molecule has 138 valence electrons. The molecule has 0 aliphatic rings. The lowest BCUT2D eigenvalue weighted by Crippen LogP contribution is -2.39. The van der Waals surface area contributed by atoms with Gasteiger partial charge in [0.2, 0.25) is 0 Å². The summed E-state index contributed by atoms with van der Waals surface area (Å²) in [5, 5.41) is 15.1. The van der Waals surface area contributed by atoms with Crippen LogP contribution in [0.4, 0.5) is 5.82 Å². The summed E-state index contributed by atoms with van der Waals surface area (Å²) < 4.78 is 1.74. The lowest BCUT2D eigenvalue weighted by atomic mass is 10.2. The van der Waals surface area contributed by atoms with Crippen LogP contribution in [-0.4, -0.2) is 51.9 Å². The summed E-state index contributed by atoms with van der Waals surface area (Å²) in [7, 11) is 1.88. The first-order valence-electron chi connectivity index (χ1n) is 9.15. The van der Waals surface area contributed by atoms with Gasteiger partial charge in [0.25, 0.3) is 0 Å². The average molecular weight is 346 g/mol. The molecule has 2 heterocycles. The second-order valence-corrected chi connectivity index (χ2v) is 5.90. The Hall–Kier alpha value is -2.38. The van der Waals surface area contributed by atoms with Crippen molar-refractivity contribution >= 4 is 22.8 Å². The number of aryl methyl sites for hydroxylation is 1. The summed E-state index contributed by atoms with van der Waals surface area (Å²) in [4.78, 5) is 13.2. The molecule has 0 fully saturated rings. The second-order valence-electron chi connectivity index (χ2n) is 5.90. The van der Waals surface area contributed by atoms with Gasteiger partial charge in [-0.25, -0.2) is 9.97 Å². The van der Waals surface area contributed by atoms with E-state index in [-0.39, 0.29) is 0 Å². The van der Waals surface area contributed by atoms with Gasteiger partial charge in [0, 0.05) is 33.2 Å². The number of fused-ring (bicyclic) bond motifs is 1. The van der Waals surface area contributed by atoms with Crippen LogP contribution in [0.15, 0.2) is 17.5 Å². The van der Waals surface area contributed by atoms with Gasteiger partial charge in [-0.3, -0.25) is 9.67 Å². The summed E-state index contributed by atoms with van der Waals surface area (Å²) in [6.07, 6.45) is 8.26. The van der Waals surface area contributed by atoms with E-state index in [1.165, 1.54) is 19.3 Å². The first kappa shape index (κ1) is 19.0. The maximum absolute atomic E-state index is 4.61. The van der Waals surface area contributed by atoms with Gasteiger partial charge in [0.15, 0.2) is 11.6 Å². The number of unbranched alkanes of at least 4 members (excludes halogenated alkanes) is 3. The zero-order chi connectivity index (χ0) is 17.9. The monoisotopic (exact) mass is 346 g/mol. The molecule has 25 heavy (non-hydrogen) atoms. The number of aliphatic imine (C=N–C) groups is 1. The SMILES string of the molecule is CCCCCCN=C(NCC)NCCNc1ncnc2c1cnn2C. The van der Waals surface area contributed by atoms with Crippen LogP contribution in [0.5, 0.6) is 0 Å². The van der Waals surface area contributed by atoms with Crippen molar-refractivity contribution in [3.8, 4) is 0 Å². The van der Waals surface area contributed by atoms with Crippen LogP contribution >= 0.6 is 0 Å². The Bertz CT molecular complexity index is 664. The Morgan fingerprint density at radius 1 is 1.12 bits per heavy atom. The molecule has 0 amide bonds. The molecule has 2 aromatic heterocycles. The molecule has 0 aliphatic carbocycles. The van der Waals surface area contributed by atoms with Crippen molar-refractivity contribution in [3.63, 3.8) is 0 Å². The predicted octanol–water partition coefficient (Wildman–Crippen LogP) is 1.91. The number of anilines is 1. The van der Waals surface area contributed by atoms with Gasteiger partial charge >= 0.3 is 0 Å². The molecule has 3 N–H and O–H groups in total. The zero-order valence-electron chi connectivity index (χ0n) is 15.5. The molecule has 2 rings (SSSR count).